The van der Waals surface area contributed by atoms with E-state index in [-0.39, 0.29) is 12.1 Å². The first-order chi connectivity index (χ1) is 11.5. The maximum absolute atomic E-state index is 5.89. The Bertz CT molecular complexity index is 796. The molecule has 3 aromatic rings. The largest absolute Gasteiger partial charge is 0.334 e. The highest BCUT2D eigenvalue weighted by molar-refractivity contribution is 6.30. The zero-order valence-electron chi connectivity index (χ0n) is 13.6. The van der Waals surface area contributed by atoms with Gasteiger partial charge in [0.15, 0.2) is 11.6 Å². The molecule has 0 fully saturated rings. The molecule has 8 nitrogen and oxygen atoms in total. The molecular weight excluding hydrogens is 330 g/mol. The minimum Gasteiger partial charge on any atom is -0.334 e. The lowest BCUT2D eigenvalue weighted by Gasteiger charge is -2.11. The van der Waals surface area contributed by atoms with Gasteiger partial charge in [0.25, 0.3) is 5.89 Å². The van der Waals surface area contributed by atoms with Gasteiger partial charge in [-0.25, -0.2) is 4.68 Å². The van der Waals surface area contributed by atoms with Gasteiger partial charge in [-0.1, -0.05) is 16.8 Å². The van der Waals surface area contributed by atoms with Crippen LogP contribution in [0.2, 0.25) is 5.02 Å². The molecule has 0 aliphatic heterocycles. The zero-order chi connectivity index (χ0) is 17.1. The number of hydrogen-bond donors (Lipinski definition) is 1. The van der Waals surface area contributed by atoms with E-state index in [0.29, 0.717) is 23.3 Å². The summed E-state index contributed by atoms with van der Waals surface area (Å²) in [6.45, 7) is 6.53. The van der Waals surface area contributed by atoms with Crippen LogP contribution in [0, 0.1) is 0 Å². The average molecular weight is 348 g/mol. The molecule has 0 saturated carbocycles. The summed E-state index contributed by atoms with van der Waals surface area (Å²) in [6.07, 6.45) is 0. The number of nitrogens with one attached hydrogen (secondary N) is 1. The molecule has 1 N–H and O–H groups in total. The standard InChI is InChI=1S/C15H18ClN7O/c1-9(2)23-13(19-21-22-23)8-17-10(3)14-18-15(24-20-14)11-4-6-12(16)7-5-11/h4-7,9-10,17H,8H2,1-3H3. The Labute approximate surface area is 144 Å². The van der Waals surface area contributed by atoms with Gasteiger partial charge in [0.05, 0.1) is 18.6 Å². The van der Waals surface area contributed by atoms with Crippen molar-refractivity contribution in [2.75, 3.05) is 0 Å². The van der Waals surface area contributed by atoms with E-state index in [1.807, 2.05) is 32.9 Å². The molecule has 0 amide bonds. The average Bonchev–Trinajstić information content (AvgIpc) is 3.22. The molecule has 0 saturated heterocycles. The molecule has 0 bridgehead atoms. The fourth-order valence-corrected chi connectivity index (χ4v) is 2.31. The quantitative estimate of drug-likeness (QED) is 0.732. The van der Waals surface area contributed by atoms with Gasteiger partial charge in [-0.15, -0.1) is 5.10 Å². The smallest absolute Gasteiger partial charge is 0.257 e. The van der Waals surface area contributed by atoms with Crippen molar-refractivity contribution in [2.24, 2.45) is 0 Å². The van der Waals surface area contributed by atoms with Crippen molar-refractivity contribution < 1.29 is 4.52 Å². The summed E-state index contributed by atoms with van der Waals surface area (Å²) in [5, 5.41) is 19.7. The fraction of sp³-hybridized carbons (Fsp3) is 0.400. The van der Waals surface area contributed by atoms with Crippen LogP contribution < -0.4 is 5.32 Å². The van der Waals surface area contributed by atoms with Crippen molar-refractivity contribution >= 4 is 11.6 Å². The monoisotopic (exact) mass is 347 g/mol. The molecule has 2 heterocycles. The van der Waals surface area contributed by atoms with Crippen LogP contribution in [0.25, 0.3) is 11.5 Å². The molecule has 126 valence electrons. The highest BCUT2D eigenvalue weighted by Gasteiger charge is 2.16. The van der Waals surface area contributed by atoms with E-state index >= 15 is 0 Å². The molecule has 0 radical (unpaired) electrons. The number of benzene rings is 1. The predicted octanol–water partition coefficient (Wildman–Crippen LogP) is 2.81. The summed E-state index contributed by atoms with van der Waals surface area (Å²) in [5.41, 5.74) is 0.828. The molecule has 1 aromatic carbocycles. The Kier molecular flexibility index (Phi) is 4.86. The Morgan fingerprint density at radius 2 is 1.96 bits per heavy atom. The first-order valence-corrected chi connectivity index (χ1v) is 8.02. The lowest BCUT2D eigenvalue weighted by atomic mass is 10.2. The van der Waals surface area contributed by atoms with Crippen LogP contribution in [0.15, 0.2) is 28.8 Å². The first-order valence-electron chi connectivity index (χ1n) is 7.64. The molecule has 0 aliphatic carbocycles. The number of hydrogen-bond acceptors (Lipinski definition) is 7. The van der Waals surface area contributed by atoms with Crippen LogP contribution in [0.5, 0.6) is 0 Å². The van der Waals surface area contributed by atoms with E-state index in [0.717, 1.165) is 11.4 Å². The van der Waals surface area contributed by atoms with Crippen LogP contribution in [-0.2, 0) is 6.54 Å². The van der Waals surface area contributed by atoms with Gasteiger partial charge in [0, 0.05) is 10.6 Å². The summed E-state index contributed by atoms with van der Waals surface area (Å²) >= 11 is 5.89. The van der Waals surface area contributed by atoms with Gasteiger partial charge >= 0.3 is 0 Å². The van der Waals surface area contributed by atoms with Gasteiger partial charge in [-0.05, 0) is 55.5 Å². The van der Waals surface area contributed by atoms with Crippen molar-refractivity contribution in [1.82, 2.24) is 35.7 Å². The van der Waals surface area contributed by atoms with Gasteiger partial charge < -0.3 is 9.84 Å². The van der Waals surface area contributed by atoms with E-state index in [9.17, 15) is 0 Å². The summed E-state index contributed by atoms with van der Waals surface area (Å²) in [4.78, 5) is 4.43. The lowest BCUT2D eigenvalue weighted by molar-refractivity contribution is 0.405. The summed E-state index contributed by atoms with van der Waals surface area (Å²) in [7, 11) is 0. The summed E-state index contributed by atoms with van der Waals surface area (Å²) in [6, 6.07) is 7.35. The minimum atomic E-state index is -0.105. The first kappa shape index (κ1) is 16.5. The normalized spacial score (nSPS) is 12.7. The van der Waals surface area contributed by atoms with Crippen molar-refractivity contribution in [1.29, 1.82) is 0 Å². The van der Waals surface area contributed by atoms with Crippen molar-refractivity contribution in [2.45, 2.75) is 39.4 Å². The molecule has 0 spiro atoms. The van der Waals surface area contributed by atoms with Crippen LogP contribution in [0.4, 0.5) is 0 Å². The van der Waals surface area contributed by atoms with Gasteiger partial charge in [-0.2, -0.15) is 4.98 Å². The molecule has 24 heavy (non-hydrogen) atoms. The molecule has 9 heteroatoms. The van der Waals surface area contributed by atoms with E-state index < -0.39 is 0 Å². The Morgan fingerprint density at radius 3 is 2.67 bits per heavy atom. The van der Waals surface area contributed by atoms with E-state index in [4.69, 9.17) is 16.1 Å². The Balaban J connectivity index is 1.66. The summed E-state index contributed by atoms with van der Waals surface area (Å²) in [5.74, 6) is 1.80. The number of rotatable bonds is 6. The van der Waals surface area contributed by atoms with Crippen molar-refractivity contribution in [3.63, 3.8) is 0 Å². The Morgan fingerprint density at radius 1 is 1.21 bits per heavy atom. The zero-order valence-corrected chi connectivity index (χ0v) is 14.4. The van der Waals surface area contributed by atoms with E-state index in [1.54, 1.807) is 16.8 Å². The van der Waals surface area contributed by atoms with Crippen LogP contribution in [0.3, 0.4) is 0 Å². The maximum Gasteiger partial charge on any atom is 0.257 e. The second-order valence-electron chi connectivity index (χ2n) is 5.70. The maximum atomic E-state index is 5.89. The molecule has 1 unspecified atom stereocenters. The van der Waals surface area contributed by atoms with Gasteiger partial charge in [0.1, 0.15) is 0 Å². The predicted molar refractivity (Wildman–Crippen MR) is 88.2 cm³/mol. The van der Waals surface area contributed by atoms with Crippen molar-refractivity contribution in [3.05, 3.63) is 40.9 Å². The van der Waals surface area contributed by atoms with Gasteiger partial charge in [-0.3, -0.25) is 0 Å². The third-order valence-electron chi connectivity index (χ3n) is 3.54. The number of nitrogens with zero attached hydrogens (tertiary/aromatic N) is 6. The number of halogens is 1. The highest BCUT2D eigenvalue weighted by atomic mass is 35.5. The third kappa shape index (κ3) is 3.60. The summed E-state index contributed by atoms with van der Waals surface area (Å²) < 4.78 is 7.09. The second-order valence-corrected chi connectivity index (χ2v) is 6.14. The topological polar surface area (TPSA) is 94.6 Å². The van der Waals surface area contributed by atoms with E-state index in [1.165, 1.54) is 0 Å². The molecule has 0 aliphatic rings. The van der Waals surface area contributed by atoms with Crippen LogP contribution in [-0.4, -0.2) is 30.3 Å². The molecule has 2 aromatic heterocycles. The number of aromatic nitrogens is 6. The molecule has 3 rings (SSSR count). The minimum absolute atomic E-state index is 0.105. The third-order valence-corrected chi connectivity index (χ3v) is 3.79. The SMILES string of the molecule is CC(NCc1nnnn1C(C)C)c1noc(-c2ccc(Cl)cc2)n1. The van der Waals surface area contributed by atoms with E-state index in [2.05, 4.69) is 31.0 Å². The number of tetrazole rings is 1. The molecular formula is C15H18ClN7O. The highest BCUT2D eigenvalue weighted by Crippen LogP contribution is 2.21. The lowest BCUT2D eigenvalue weighted by Crippen LogP contribution is -2.22. The second kappa shape index (κ2) is 7.06. The fourth-order valence-electron chi connectivity index (χ4n) is 2.19. The molecule has 1 atom stereocenters. The van der Waals surface area contributed by atoms with Crippen molar-refractivity contribution in [3.8, 4) is 11.5 Å². The van der Waals surface area contributed by atoms with Crippen LogP contribution >= 0.6 is 11.6 Å². The van der Waals surface area contributed by atoms with Crippen LogP contribution in [0.1, 0.15) is 44.5 Å². The Hall–Kier alpha value is -2.32. The van der Waals surface area contributed by atoms with Gasteiger partial charge in [0.2, 0.25) is 0 Å².